The SMILES string of the molecule is Cc1onc(-c2ccccc2)c1C(=O)N1C[C@@H]2C(C)(C)C[C@]2(CO)C1. The molecule has 132 valence electrons. The van der Waals surface area contributed by atoms with Crippen LogP contribution in [0, 0.1) is 23.7 Å². The number of aryl methyl sites for hydroxylation is 1. The lowest BCUT2D eigenvalue weighted by Crippen LogP contribution is -2.54. The molecule has 0 spiro atoms. The number of hydrogen-bond acceptors (Lipinski definition) is 4. The summed E-state index contributed by atoms with van der Waals surface area (Å²) in [6.07, 6.45) is 0.957. The topological polar surface area (TPSA) is 66.6 Å². The maximum atomic E-state index is 13.3. The maximum Gasteiger partial charge on any atom is 0.259 e. The zero-order chi connectivity index (χ0) is 17.8. The number of hydrogen-bond donors (Lipinski definition) is 1. The van der Waals surface area contributed by atoms with E-state index in [0.717, 1.165) is 12.0 Å². The van der Waals surface area contributed by atoms with Crippen LogP contribution in [-0.4, -0.2) is 40.8 Å². The Labute approximate surface area is 147 Å². The number of amides is 1. The zero-order valence-corrected chi connectivity index (χ0v) is 15.0. The maximum absolute atomic E-state index is 13.3. The van der Waals surface area contributed by atoms with Crippen molar-refractivity contribution in [3.63, 3.8) is 0 Å². The van der Waals surface area contributed by atoms with Gasteiger partial charge in [0.05, 0.1) is 6.61 Å². The number of likely N-dealkylation sites (tertiary alicyclic amines) is 1. The number of carbonyl (C=O) groups excluding carboxylic acids is 1. The molecule has 4 rings (SSSR count). The van der Waals surface area contributed by atoms with E-state index in [1.54, 1.807) is 6.92 Å². The van der Waals surface area contributed by atoms with Crippen LogP contribution in [0.25, 0.3) is 11.3 Å². The Hall–Kier alpha value is -2.14. The third-order valence-corrected chi connectivity index (χ3v) is 6.12. The molecule has 1 amide bonds. The summed E-state index contributed by atoms with van der Waals surface area (Å²) in [5.74, 6) is 0.838. The van der Waals surface area contributed by atoms with Gasteiger partial charge in [0.2, 0.25) is 0 Å². The van der Waals surface area contributed by atoms with Gasteiger partial charge in [-0.15, -0.1) is 0 Å². The number of carbonyl (C=O) groups is 1. The fourth-order valence-corrected chi connectivity index (χ4v) is 5.07. The normalized spacial score (nSPS) is 27.0. The summed E-state index contributed by atoms with van der Waals surface area (Å²) in [6, 6.07) is 9.64. The average molecular weight is 340 g/mol. The fraction of sp³-hybridized carbons (Fsp3) is 0.500. The number of fused-ring (bicyclic) bond motifs is 1. The molecule has 1 aliphatic carbocycles. The van der Waals surface area contributed by atoms with Crippen molar-refractivity contribution in [2.24, 2.45) is 16.7 Å². The first kappa shape index (κ1) is 16.3. The summed E-state index contributed by atoms with van der Waals surface area (Å²) in [5.41, 5.74) is 2.04. The van der Waals surface area contributed by atoms with E-state index in [9.17, 15) is 9.90 Å². The van der Waals surface area contributed by atoms with E-state index in [0.29, 0.717) is 36.0 Å². The second-order valence-corrected chi connectivity index (χ2v) is 8.25. The molecule has 2 aliphatic rings. The second-order valence-electron chi connectivity index (χ2n) is 8.25. The van der Waals surface area contributed by atoms with Gasteiger partial charge >= 0.3 is 0 Å². The Bertz CT molecular complexity index is 812. The van der Waals surface area contributed by atoms with Crippen molar-refractivity contribution in [2.75, 3.05) is 19.7 Å². The van der Waals surface area contributed by atoms with Crippen molar-refractivity contribution in [1.29, 1.82) is 0 Å². The summed E-state index contributed by atoms with van der Waals surface area (Å²) < 4.78 is 5.35. The molecule has 0 radical (unpaired) electrons. The highest BCUT2D eigenvalue weighted by Crippen LogP contribution is 2.62. The molecule has 1 saturated heterocycles. The van der Waals surface area contributed by atoms with Crippen molar-refractivity contribution in [2.45, 2.75) is 27.2 Å². The summed E-state index contributed by atoms with van der Waals surface area (Å²) in [7, 11) is 0. The number of nitrogens with zero attached hydrogens (tertiary/aromatic N) is 2. The molecule has 2 atom stereocenters. The smallest absolute Gasteiger partial charge is 0.259 e. The Balaban J connectivity index is 1.66. The molecule has 2 aromatic rings. The van der Waals surface area contributed by atoms with Crippen LogP contribution in [0.4, 0.5) is 0 Å². The van der Waals surface area contributed by atoms with E-state index in [4.69, 9.17) is 4.52 Å². The Morgan fingerprint density at radius 3 is 2.68 bits per heavy atom. The van der Waals surface area contributed by atoms with E-state index < -0.39 is 0 Å². The molecule has 2 fully saturated rings. The van der Waals surface area contributed by atoms with Gasteiger partial charge in [0.25, 0.3) is 5.91 Å². The highest BCUT2D eigenvalue weighted by Gasteiger charge is 2.63. The lowest BCUT2D eigenvalue weighted by atomic mass is 9.48. The first-order valence-electron chi connectivity index (χ1n) is 8.80. The average Bonchev–Trinajstić information content (AvgIpc) is 3.14. The van der Waals surface area contributed by atoms with E-state index in [1.807, 2.05) is 35.2 Å². The van der Waals surface area contributed by atoms with Crippen molar-refractivity contribution in [3.05, 3.63) is 41.7 Å². The standard InChI is InChI=1S/C20H24N2O3/c1-13-16(17(21-25-13)14-7-5-4-6-8-14)18(24)22-9-15-19(2,3)10-20(15,11-22)12-23/h4-8,15,23H,9-12H2,1-3H3/t15-,20-/m1/s1. The van der Waals surface area contributed by atoms with Gasteiger partial charge in [-0.25, -0.2) is 0 Å². The van der Waals surface area contributed by atoms with Gasteiger partial charge in [-0.2, -0.15) is 0 Å². The molecule has 0 unspecified atom stereocenters. The van der Waals surface area contributed by atoms with Gasteiger partial charge in [-0.3, -0.25) is 4.79 Å². The molecule has 5 nitrogen and oxygen atoms in total. The highest BCUT2D eigenvalue weighted by molar-refractivity contribution is 6.01. The highest BCUT2D eigenvalue weighted by atomic mass is 16.5. The minimum Gasteiger partial charge on any atom is -0.396 e. The van der Waals surface area contributed by atoms with Crippen LogP contribution in [0.1, 0.15) is 36.4 Å². The number of aliphatic hydroxyl groups excluding tert-OH is 1. The summed E-state index contributed by atoms with van der Waals surface area (Å²) >= 11 is 0. The van der Waals surface area contributed by atoms with Crippen LogP contribution in [0.2, 0.25) is 0 Å². The van der Waals surface area contributed by atoms with Gasteiger partial charge in [0, 0.05) is 24.1 Å². The molecule has 1 saturated carbocycles. The van der Waals surface area contributed by atoms with E-state index in [-0.39, 0.29) is 23.3 Å². The molecular weight excluding hydrogens is 316 g/mol. The number of benzene rings is 1. The first-order valence-corrected chi connectivity index (χ1v) is 8.80. The Kier molecular flexibility index (Phi) is 3.55. The molecule has 0 bridgehead atoms. The molecule has 1 aliphatic heterocycles. The van der Waals surface area contributed by atoms with Crippen LogP contribution in [-0.2, 0) is 0 Å². The first-order chi connectivity index (χ1) is 11.9. The second kappa shape index (κ2) is 5.43. The lowest BCUT2D eigenvalue weighted by molar-refractivity contribution is -0.0977. The lowest BCUT2D eigenvalue weighted by Gasteiger charge is -2.55. The molecule has 2 heterocycles. The van der Waals surface area contributed by atoms with E-state index in [2.05, 4.69) is 19.0 Å². The van der Waals surface area contributed by atoms with Gasteiger partial charge in [0.1, 0.15) is 17.0 Å². The third kappa shape index (κ3) is 2.33. The summed E-state index contributed by atoms with van der Waals surface area (Å²) in [6.45, 7) is 7.65. The third-order valence-electron chi connectivity index (χ3n) is 6.12. The summed E-state index contributed by atoms with van der Waals surface area (Å²) in [4.78, 5) is 15.1. The predicted molar refractivity (Wildman–Crippen MR) is 94.0 cm³/mol. The van der Waals surface area contributed by atoms with Gasteiger partial charge in [0.15, 0.2) is 0 Å². The van der Waals surface area contributed by atoms with Crippen molar-refractivity contribution in [3.8, 4) is 11.3 Å². The van der Waals surface area contributed by atoms with Crippen molar-refractivity contribution < 1.29 is 14.4 Å². The quantitative estimate of drug-likeness (QED) is 0.932. The van der Waals surface area contributed by atoms with Crippen LogP contribution in [0.15, 0.2) is 34.9 Å². The van der Waals surface area contributed by atoms with Crippen LogP contribution in [0.3, 0.4) is 0 Å². The van der Waals surface area contributed by atoms with Gasteiger partial charge in [-0.05, 0) is 24.7 Å². The van der Waals surface area contributed by atoms with Crippen molar-refractivity contribution >= 4 is 5.91 Å². The van der Waals surface area contributed by atoms with E-state index in [1.165, 1.54) is 0 Å². The van der Waals surface area contributed by atoms with Crippen LogP contribution in [0.5, 0.6) is 0 Å². The Morgan fingerprint density at radius 2 is 2.08 bits per heavy atom. The minimum atomic E-state index is -0.142. The number of aliphatic hydroxyl groups is 1. The fourth-order valence-electron chi connectivity index (χ4n) is 5.07. The van der Waals surface area contributed by atoms with Crippen LogP contribution >= 0.6 is 0 Å². The number of aromatic nitrogens is 1. The van der Waals surface area contributed by atoms with Gasteiger partial charge < -0.3 is 14.5 Å². The van der Waals surface area contributed by atoms with E-state index >= 15 is 0 Å². The molecule has 25 heavy (non-hydrogen) atoms. The predicted octanol–water partition coefficient (Wildman–Crippen LogP) is 3.13. The Morgan fingerprint density at radius 1 is 1.36 bits per heavy atom. The molecule has 1 N–H and O–H groups in total. The molecule has 1 aromatic heterocycles. The van der Waals surface area contributed by atoms with Crippen molar-refractivity contribution in [1.82, 2.24) is 10.1 Å². The monoisotopic (exact) mass is 340 g/mol. The zero-order valence-electron chi connectivity index (χ0n) is 15.0. The minimum absolute atomic E-state index is 0.0457. The summed E-state index contributed by atoms with van der Waals surface area (Å²) in [5, 5.41) is 14.1. The molecule has 1 aromatic carbocycles. The molecule has 5 heteroatoms. The molecular formula is C20H24N2O3. The number of rotatable bonds is 3. The van der Waals surface area contributed by atoms with Gasteiger partial charge in [-0.1, -0.05) is 49.3 Å². The van der Waals surface area contributed by atoms with Crippen LogP contribution < -0.4 is 0 Å². The largest absolute Gasteiger partial charge is 0.396 e.